The second-order valence-electron chi connectivity index (χ2n) is 4.02. The molecule has 0 bridgehead atoms. The maximum atomic E-state index is 3.62. The molecule has 2 atom stereocenters. The quantitative estimate of drug-likeness (QED) is 0.567. The molecule has 0 saturated carbocycles. The van der Waals surface area contributed by atoms with E-state index in [1.165, 1.54) is 25.7 Å². The summed E-state index contributed by atoms with van der Waals surface area (Å²) in [6.07, 6.45) is 7.07. The van der Waals surface area contributed by atoms with Crippen LogP contribution in [0.15, 0.2) is 12.8 Å². The van der Waals surface area contributed by atoms with Crippen molar-refractivity contribution in [3.8, 4) is 0 Å². The van der Waals surface area contributed by atoms with Crippen LogP contribution < -0.4 is 5.32 Å². The van der Waals surface area contributed by atoms with Gasteiger partial charge in [-0.05, 0) is 24.5 Å². The number of rotatable bonds is 8. The minimum Gasteiger partial charge on any atom is -0.391 e. The summed E-state index contributed by atoms with van der Waals surface area (Å²) in [5.41, 5.74) is 0. The summed E-state index contributed by atoms with van der Waals surface area (Å²) in [6.45, 7) is 11.7. The van der Waals surface area contributed by atoms with Gasteiger partial charge in [0.05, 0.1) is 0 Å². The van der Waals surface area contributed by atoms with Gasteiger partial charge in [0.25, 0.3) is 0 Å². The van der Waals surface area contributed by atoms with Crippen molar-refractivity contribution in [1.82, 2.24) is 5.32 Å². The molecule has 13 heavy (non-hydrogen) atoms. The smallest absolute Gasteiger partial charge is 0.0141 e. The van der Waals surface area contributed by atoms with Crippen molar-refractivity contribution in [3.63, 3.8) is 0 Å². The van der Waals surface area contributed by atoms with E-state index < -0.39 is 0 Å². The van der Waals surface area contributed by atoms with Gasteiger partial charge in [-0.25, -0.2) is 0 Å². The Balaban J connectivity index is 3.26. The molecular formula is C12H25N. The van der Waals surface area contributed by atoms with Crippen molar-refractivity contribution in [2.45, 2.75) is 46.5 Å². The molecule has 0 radical (unpaired) electrons. The minimum absolute atomic E-state index is 0.882. The highest BCUT2D eigenvalue weighted by Crippen LogP contribution is 2.19. The van der Waals surface area contributed by atoms with Crippen molar-refractivity contribution in [1.29, 1.82) is 0 Å². The standard InChI is InChI=1S/C12H25N/c1-5-11(3)12(4)9-7-8-10-13-6-2/h6,11-13H,2,5,7-10H2,1,3-4H3/t11-,12?/m1/s1. The van der Waals surface area contributed by atoms with Gasteiger partial charge in [0.1, 0.15) is 0 Å². The van der Waals surface area contributed by atoms with E-state index in [9.17, 15) is 0 Å². The highest BCUT2D eigenvalue weighted by atomic mass is 14.8. The fraction of sp³-hybridized carbons (Fsp3) is 0.833. The normalized spacial score (nSPS) is 15.0. The summed E-state index contributed by atoms with van der Waals surface area (Å²) in [4.78, 5) is 0. The van der Waals surface area contributed by atoms with Crippen LogP contribution in [-0.2, 0) is 0 Å². The Labute approximate surface area is 83.6 Å². The van der Waals surface area contributed by atoms with Crippen LogP contribution in [0.5, 0.6) is 0 Å². The van der Waals surface area contributed by atoms with Gasteiger partial charge >= 0.3 is 0 Å². The SMILES string of the molecule is C=CNCCCCC(C)[C@H](C)CC. The Kier molecular flexibility index (Phi) is 7.86. The molecule has 0 aliphatic heterocycles. The maximum Gasteiger partial charge on any atom is 0.0141 e. The summed E-state index contributed by atoms with van der Waals surface area (Å²) in [5, 5.41) is 3.13. The molecule has 0 aromatic carbocycles. The maximum absolute atomic E-state index is 3.62. The minimum atomic E-state index is 0.882. The lowest BCUT2D eigenvalue weighted by atomic mass is 9.89. The van der Waals surface area contributed by atoms with Crippen LogP contribution in [0, 0.1) is 11.8 Å². The summed E-state index contributed by atoms with van der Waals surface area (Å²) in [6, 6.07) is 0. The average Bonchev–Trinajstić information content (AvgIpc) is 2.16. The molecule has 0 aromatic heterocycles. The lowest BCUT2D eigenvalue weighted by molar-refractivity contribution is 0.344. The first-order valence-electron chi connectivity index (χ1n) is 5.56. The van der Waals surface area contributed by atoms with Crippen LogP contribution in [0.25, 0.3) is 0 Å². The van der Waals surface area contributed by atoms with E-state index in [1.54, 1.807) is 6.20 Å². The van der Waals surface area contributed by atoms with Gasteiger partial charge in [-0.2, -0.15) is 0 Å². The lowest BCUT2D eigenvalue weighted by Gasteiger charge is -2.17. The van der Waals surface area contributed by atoms with Gasteiger partial charge in [-0.1, -0.05) is 46.6 Å². The van der Waals surface area contributed by atoms with Gasteiger partial charge in [-0.3, -0.25) is 0 Å². The van der Waals surface area contributed by atoms with E-state index in [-0.39, 0.29) is 0 Å². The molecule has 0 fully saturated rings. The van der Waals surface area contributed by atoms with Crippen molar-refractivity contribution in [2.75, 3.05) is 6.54 Å². The molecule has 0 spiro atoms. The van der Waals surface area contributed by atoms with E-state index in [1.807, 2.05) is 0 Å². The Morgan fingerprint density at radius 2 is 1.92 bits per heavy atom. The molecule has 0 amide bonds. The number of nitrogens with one attached hydrogen (secondary N) is 1. The molecular weight excluding hydrogens is 158 g/mol. The van der Waals surface area contributed by atoms with Crippen LogP contribution >= 0.6 is 0 Å². The van der Waals surface area contributed by atoms with Crippen LogP contribution in [0.2, 0.25) is 0 Å². The Bertz CT molecular complexity index is 120. The summed E-state index contributed by atoms with van der Waals surface area (Å²) in [7, 11) is 0. The number of unbranched alkanes of at least 4 members (excludes halogenated alkanes) is 1. The zero-order chi connectivity index (χ0) is 10.1. The number of hydrogen-bond donors (Lipinski definition) is 1. The first-order valence-corrected chi connectivity index (χ1v) is 5.56. The fourth-order valence-electron chi connectivity index (χ4n) is 1.48. The van der Waals surface area contributed by atoms with Crippen LogP contribution in [0.4, 0.5) is 0 Å². The topological polar surface area (TPSA) is 12.0 Å². The van der Waals surface area contributed by atoms with Crippen molar-refractivity contribution >= 4 is 0 Å². The molecule has 1 unspecified atom stereocenters. The predicted molar refractivity (Wildman–Crippen MR) is 60.7 cm³/mol. The van der Waals surface area contributed by atoms with Crippen LogP contribution in [0.3, 0.4) is 0 Å². The second-order valence-corrected chi connectivity index (χ2v) is 4.02. The fourth-order valence-corrected chi connectivity index (χ4v) is 1.48. The molecule has 0 saturated heterocycles. The molecule has 0 aromatic rings. The molecule has 0 heterocycles. The molecule has 0 aliphatic carbocycles. The van der Waals surface area contributed by atoms with E-state index >= 15 is 0 Å². The second kappa shape index (κ2) is 8.15. The zero-order valence-corrected chi connectivity index (χ0v) is 9.47. The first kappa shape index (κ1) is 12.5. The largest absolute Gasteiger partial charge is 0.391 e. The van der Waals surface area contributed by atoms with Crippen LogP contribution in [0.1, 0.15) is 46.5 Å². The molecule has 1 N–H and O–H groups in total. The van der Waals surface area contributed by atoms with Gasteiger partial charge in [0, 0.05) is 6.54 Å². The van der Waals surface area contributed by atoms with Gasteiger partial charge in [0.15, 0.2) is 0 Å². The van der Waals surface area contributed by atoms with Crippen LogP contribution in [-0.4, -0.2) is 6.54 Å². The van der Waals surface area contributed by atoms with Crippen molar-refractivity contribution in [2.24, 2.45) is 11.8 Å². The first-order chi connectivity index (χ1) is 6.22. The molecule has 0 rings (SSSR count). The average molecular weight is 183 g/mol. The molecule has 1 nitrogen and oxygen atoms in total. The van der Waals surface area contributed by atoms with E-state index in [0.29, 0.717) is 0 Å². The highest BCUT2D eigenvalue weighted by Gasteiger charge is 2.08. The third-order valence-electron chi connectivity index (χ3n) is 2.99. The Morgan fingerprint density at radius 1 is 1.23 bits per heavy atom. The van der Waals surface area contributed by atoms with Crippen molar-refractivity contribution < 1.29 is 0 Å². The monoisotopic (exact) mass is 183 g/mol. The molecule has 78 valence electrons. The third-order valence-corrected chi connectivity index (χ3v) is 2.99. The van der Waals surface area contributed by atoms with E-state index in [2.05, 4.69) is 32.7 Å². The lowest BCUT2D eigenvalue weighted by Crippen LogP contribution is -2.09. The Morgan fingerprint density at radius 3 is 2.46 bits per heavy atom. The van der Waals surface area contributed by atoms with Gasteiger partial charge < -0.3 is 5.32 Å². The van der Waals surface area contributed by atoms with E-state index in [0.717, 1.165) is 18.4 Å². The van der Waals surface area contributed by atoms with Crippen molar-refractivity contribution in [3.05, 3.63) is 12.8 Å². The Hall–Kier alpha value is -0.460. The molecule has 1 heteroatoms. The highest BCUT2D eigenvalue weighted by molar-refractivity contribution is 4.64. The number of hydrogen-bond acceptors (Lipinski definition) is 1. The van der Waals surface area contributed by atoms with E-state index in [4.69, 9.17) is 0 Å². The summed E-state index contributed by atoms with van der Waals surface area (Å²) in [5.74, 6) is 1.76. The third kappa shape index (κ3) is 6.68. The van der Waals surface area contributed by atoms with Gasteiger partial charge in [-0.15, -0.1) is 0 Å². The molecule has 0 aliphatic rings. The predicted octanol–water partition coefficient (Wildman–Crippen LogP) is 3.57. The zero-order valence-electron chi connectivity index (χ0n) is 9.47. The summed E-state index contributed by atoms with van der Waals surface area (Å²) < 4.78 is 0. The summed E-state index contributed by atoms with van der Waals surface area (Å²) >= 11 is 0. The van der Waals surface area contributed by atoms with Gasteiger partial charge in [0.2, 0.25) is 0 Å².